The lowest BCUT2D eigenvalue weighted by Crippen LogP contribution is -2.44. The van der Waals surface area contributed by atoms with E-state index < -0.39 is 0 Å². The molecule has 0 aliphatic carbocycles. The van der Waals surface area contributed by atoms with Crippen molar-refractivity contribution in [2.75, 3.05) is 6.54 Å². The summed E-state index contributed by atoms with van der Waals surface area (Å²) < 4.78 is 0. The highest BCUT2D eigenvalue weighted by molar-refractivity contribution is 4.95. The second-order valence-corrected chi connectivity index (χ2v) is 3.85. The number of nitrogens with one attached hydrogen (secondary N) is 1. The first kappa shape index (κ1) is 9.59. The fraction of sp³-hybridized carbons (Fsp3) is 0.800. The Bertz CT molecular complexity index is 157. The highest BCUT2D eigenvalue weighted by atomic mass is 15.3. The Morgan fingerprint density at radius 1 is 1.58 bits per heavy atom. The molecule has 0 bridgehead atoms. The minimum Gasteiger partial charge on any atom is -0.358 e. The van der Waals surface area contributed by atoms with Gasteiger partial charge >= 0.3 is 0 Å². The molecule has 1 N–H and O–H groups in total. The molecule has 70 valence electrons. The van der Waals surface area contributed by atoms with Crippen LogP contribution in [-0.2, 0) is 0 Å². The minimum atomic E-state index is 0.530. The lowest BCUT2D eigenvalue weighted by atomic mass is 10.2. The summed E-state index contributed by atoms with van der Waals surface area (Å²) >= 11 is 0. The van der Waals surface area contributed by atoms with E-state index in [2.05, 4.69) is 37.6 Å². The van der Waals surface area contributed by atoms with E-state index in [-0.39, 0.29) is 0 Å². The van der Waals surface area contributed by atoms with Crippen molar-refractivity contribution in [1.82, 2.24) is 10.2 Å². The van der Waals surface area contributed by atoms with E-state index in [4.69, 9.17) is 0 Å². The SMILES string of the molecule is C=C(C)N(C(C)C)C1CCCN1. The number of hydrogen-bond acceptors (Lipinski definition) is 2. The molecule has 1 fully saturated rings. The second-order valence-electron chi connectivity index (χ2n) is 3.85. The zero-order valence-electron chi connectivity index (χ0n) is 8.43. The lowest BCUT2D eigenvalue weighted by Gasteiger charge is -2.35. The van der Waals surface area contributed by atoms with E-state index in [0.29, 0.717) is 12.2 Å². The van der Waals surface area contributed by atoms with Crippen LogP contribution in [-0.4, -0.2) is 23.7 Å². The second kappa shape index (κ2) is 3.94. The zero-order chi connectivity index (χ0) is 9.14. The Balaban J connectivity index is 2.58. The van der Waals surface area contributed by atoms with Gasteiger partial charge in [0.1, 0.15) is 0 Å². The normalized spacial score (nSPS) is 23.2. The largest absolute Gasteiger partial charge is 0.358 e. The van der Waals surface area contributed by atoms with Crippen LogP contribution in [0.5, 0.6) is 0 Å². The quantitative estimate of drug-likeness (QED) is 0.693. The molecule has 2 nitrogen and oxygen atoms in total. The van der Waals surface area contributed by atoms with Crippen molar-refractivity contribution in [2.24, 2.45) is 0 Å². The van der Waals surface area contributed by atoms with Gasteiger partial charge in [0.15, 0.2) is 0 Å². The third kappa shape index (κ3) is 2.01. The average molecular weight is 168 g/mol. The molecule has 1 unspecified atom stereocenters. The maximum Gasteiger partial charge on any atom is 0.0795 e. The van der Waals surface area contributed by atoms with Crippen LogP contribution >= 0.6 is 0 Å². The third-order valence-electron chi connectivity index (χ3n) is 2.37. The van der Waals surface area contributed by atoms with Gasteiger partial charge in [-0.3, -0.25) is 5.32 Å². The molecule has 0 aromatic carbocycles. The van der Waals surface area contributed by atoms with Crippen LogP contribution in [0.3, 0.4) is 0 Å². The Kier molecular flexibility index (Phi) is 3.15. The predicted molar refractivity (Wildman–Crippen MR) is 52.8 cm³/mol. The van der Waals surface area contributed by atoms with Gasteiger partial charge < -0.3 is 4.90 Å². The van der Waals surface area contributed by atoms with Crippen LogP contribution in [0.1, 0.15) is 33.6 Å². The van der Waals surface area contributed by atoms with Crippen molar-refractivity contribution in [3.63, 3.8) is 0 Å². The van der Waals surface area contributed by atoms with Crippen molar-refractivity contribution < 1.29 is 0 Å². The van der Waals surface area contributed by atoms with E-state index in [0.717, 1.165) is 6.54 Å². The summed E-state index contributed by atoms with van der Waals surface area (Å²) in [5, 5.41) is 3.48. The van der Waals surface area contributed by atoms with E-state index >= 15 is 0 Å². The van der Waals surface area contributed by atoms with Crippen LogP contribution < -0.4 is 5.32 Å². The first-order valence-electron chi connectivity index (χ1n) is 4.80. The van der Waals surface area contributed by atoms with E-state index in [1.54, 1.807) is 0 Å². The van der Waals surface area contributed by atoms with Gasteiger partial charge in [-0.2, -0.15) is 0 Å². The fourth-order valence-electron chi connectivity index (χ4n) is 1.97. The standard InChI is InChI=1S/C10H20N2/c1-8(2)12(9(3)4)10-6-5-7-11-10/h9-11H,1,5-7H2,2-4H3. The van der Waals surface area contributed by atoms with Gasteiger partial charge in [-0.15, -0.1) is 0 Å². The van der Waals surface area contributed by atoms with E-state index in [1.165, 1.54) is 18.5 Å². The van der Waals surface area contributed by atoms with Gasteiger partial charge in [0.2, 0.25) is 0 Å². The molecule has 0 aromatic heterocycles. The lowest BCUT2D eigenvalue weighted by molar-refractivity contribution is 0.192. The molecule has 1 atom stereocenters. The first-order chi connectivity index (χ1) is 5.63. The van der Waals surface area contributed by atoms with E-state index in [9.17, 15) is 0 Å². The summed E-state index contributed by atoms with van der Waals surface area (Å²) in [5.74, 6) is 0. The number of nitrogens with zero attached hydrogens (tertiary/aromatic N) is 1. The van der Waals surface area contributed by atoms with Crippen molar-refractivity contribution in [1.29, 1.82) is 0 Å². The van der Waals surface area contributed by atoms with Crippen molar-refractivity contribution in [3.05, 3.63) is 12.3 Å². The Labute approximate surface area is 75.6 Å². The van der Waals surface area contributed by atoms with Gasteiger partial charge in [-0.05, 0) is 40.2 Å². The molecule has 1 saturated heterocycles. The van der Waals surface area contributed by atoms with Crippen LogP contribution in [0.25, 0.3) is 0 Å². The average Bonchev–Trinajstić information content (AvgIpc) is 2.37. The molecule has 1 aliphatic rings. The fourth-order valence-corrected chi connectivity index (χ4v) is 1.97. The molecule has 0 amide bonds. The molecule has 1 heterocycles. The summed E-state index contributed by atoms with van der Waals surface area (Å²) in [4.78, 5) is 2.37. The van der Waals surface area contributed by atoms with Gasteiger partial charge in [-0.1, -0.05) is 6.58 Å². The van der Waals surface area contributed by atoms with Crippen LogP contribution in [0, 0.1) is 0 Å². The zero-order valence-corrected chi connectivity index (χ0v) is 8.43. The molecular formula is C10H20N2. The molecule has 2 heteroatoms. The van der Waals surface area contributed by atoms with Gasteiger partial charge in [0, 0.05) is 11.7 Å². The summed E-state index contributed by atoms with van der Waals surface area (Å²) in [5.41, 5.74) is 1.17. The van der Waals surface area contributed by atoms with Crippen LogP contribution in [0.15, 0.2) is 12.3 Å². The summed E-state index contributed by atoms with van der Waals surface area (Å²) in [6, 6.07) is 0.554. The smallest absolute Gasteiger partial charge is 0.0795 e. The number of rotatable bonds is 3. The van der Waals surface area contributed by atoms with Gasteiger partial charge in [0.25, 0.3) is 0 Å². The Hall–Kier alpha value is -0.500. The van der Waals surface area contributed by atoms with Gasteiger partial charge in [0.05, 0.1) is 6.17 Å². The molecule has 0 radical (unpaired) electrons. The maximum atomic E-state index is 4.01. The Morgan fingerprint density at radius 2 is 2.25 bits per heavy atom. The minimum absolute atomic E-state index is 0.530. The van der Waals surface area contributed by atoms with Crippen molar-refractivity contribution in [3.8, 4) is 0 Å². The molecule has 0 spiro atoms. The van der Waals surface area contributed by atoms with Gasteiger partial charge in [-0.25, -0.2) is 0 Å². The summed E-state index contributed by atoms with van der Waals surface area (Å²) in [6.07, 6.45) is 3.08. The molecule has 1 rings (SSSR count). The maximum absolute atomic E-state index is 4.01. The molecule has 0 saturated carbocycles. The van der Waals surface area contributed by atoms with Crippen molar-refractivity contribution >= 4 is 0 Å². The highest BCUT2D eigenvalue weighted by Gasteiger charge is 2.22. The highest BCUT2D eigenvalue weighted by Crippen LogP contribution is 2.17. The number of hydrogen-bond donors (Lipinski definition) is 1. The summed E-state index contributed by atoms with van der Waals surface area (Å²) in [7, 11) is 0. The topological polar surface area (TPSA) is 15.3 Å². The first-order valence-corrected chi connectivity index (χ1v) is 4.80. The number of allylic oxidation sites excluding steroid dienone is 1. The molecular weight excluding hydrogens is 148 g/mol. The predicted octanol–water partition coefficient (Wildman–Crippen LogP) is 1.94. The third-order valence-corrected chi connectivity index (χ3v) is 2.37. The molecule has 1 aliphatic heterocycles. The monoisotopic (exact) mass is 168 g/mol. The van der Waals surface area contributed by atoms with Crippen molar-refractivity contribution in [2.45, 2.75) is 45.8 Å². The summed E-state index contributed by atoms with van der Waals surface area (Å²) in [6.45, 7) is 11.7. The van der Waals surface area contributed by atoms with E-state index in [1.807, 2.05) is 0 Å². The Morgan fingerprint density at radius 3 is 2.58 bits per heavy atom. The molecule has 12 heavy (non-hydrogen) atoms. The van der Waals surface area contributed by atoms with Crippen LogP contribution in [0.2, 0.25) is 0 Å². The van der Waals surface area contributed by atoms with Crippen LogP contribution in [0.4, 0.5) is 0 Å². The molecule has 0 aromatic rings.